The van der Waals surface area contributed by atoms with Gasteiger partial charge in [0.05, 0.1) is 0 Å². The molecule has 0 unspecified atom stereocenters. The molecule has 1 saturated heterocycles. The number of hydrogen-bond donors (Lipinski definition) is 0. The summed E-state index contributed by atoms with van der Waals surface area (Å²) >= 11 is 0. The number of hydrogen-bond acceptors (Lipinski definition) is 3. The summed E-state index contributed by atoms with van der Waals surface area (Å²) in [4.78, 5) is 29.3. The lowest BCUT2D eigenvalue weighted by molar-refractivity contribution is 0.0761. The molecule has 0 aliphatic carbocycles. The summed E-state index contributed by atoms with van der Waals surface area (Å²) in [6.07, 6.45) is 0.337. The predicted molar refractivity (Wildman–Crippen MR) is 116 cm³/mol. The molecule has 1 heterocycles. The molecule has 0 N–H and O–H groups in total. The zero-order chi connectivity index (χ0) is 20.8. The quantitative estimate of drug-likeness (QED) is 0.640. The van der Waals surface area contributed by atoms with Crippen LogP contribution in [0.3, 0.4) is 0 Å². The van der Waals surface area contributed by atoms with E-state index in [2.05, 4.69) is 0 Å². The first-order valence-electron chi connectivity index (χ1n) is 10.2. The van der Waals surface area contributed by atoms with Crippen LogP contribution < -0.4 is 4.74 Å². The van der Waals surface area contributed by atoms with Crippen LogP contribution in [0.2, 0.25) is 0 Å². The second-order valence-corrected chi connectivity index (χ2v) is 7.23. The fourth-order valence-corrected chi connectivity index (χ4v) is 3.67. The van der Waals surface area contributed by atoms with E-state index in [0.717, 1.165) is 11.1 Å². The molecule has 5 nitrogen and oxygen atoms in total. The Kier molecular flexibility index (Phi) is 6.09. The number of ether oxygens (including phenoxy) is 1. The fourth-order valence-electron chi connectivity index (χ4n) is 3.67. The summed E-state index contributed by atoms with van der Waals surface area (Å²) in [6.45, 7) is 2.10. The van der Waals surface area contributed by atoms with Crippen LogP contribution in [0.4, 0.5) is 4.79 Å². The molecule has 0 bridgehead atoms. The Morgan fingerprint density at radius 3 is 2.03 bits per heavy atom. The smallest absolute Gasteiger partial charge is 0.410 e. The predicted octanol–water partition coefficient (Wildman–Crippen LogP) is 4.70. The van der Waals surface area contributed by atoms with Crippen molar-refractivity contribution < 1.29 is 14.3 Å². The Morgan fingerprint density at radius 1 is 0.667 bits per heavy atom. The lowest BCUT2D eigenvalue weighted by atomic mass is 9.99. The van der Waals surface area contributed by atoms with E-state index in [4.69, 9.17) is 4.74 Å². The van der Waals surface area contributed by atoms with E-state index in [-0.39, 0.29) is 12.0 Å². The summed E-state index contributed by atoms with van der Waals surface area (Å²) in [5, 5.41) is 0. The summed E-state index contributed by atoms with van der Waals surface area (Å²) in [6, 6.07) is 26.7. The van der Waals surface area contributed by atoms with Crippen LogP contribution in [0, 0.1) is 0 Å². The van der Waals surface area contributed by atoms with Gasteiger partial charge in [-0.3, -0.25) is 4.79 Å². The van der Waals surface area contributed by atoms with Crippen molar-refractivity contribution in [1.29, 1.82) is 0 Å². The van der Waals surface area contributed by atoms with Gasteiger partial charge in [-0.15, -0.1) is 0 Å². The highest BCUT2D eigenvalue weighted by atomic mass is 16.6. The Morgan fingerprint density at radius 2 is 1.27 bits per heavy atom. The average molecular weight is 400 g/mol. The second kappa shape index (κ2) is 9.27. The first-order chi connectivity index (χ1) is 14.7. The molecule has 3 aromatic carbocycles. The minimum Gasteiger partial charge on any atom is -0.410 e. The molecule has 3 aromatic rings. The van der Waals surface area contributed by atoms with Crippen molar-refractivity contribution in [1.82, 2.24) is 9.80 Å². The maximum Gasteiger partial charge on any atom is 0.415 e. The van der Waals surface area contributed by atoms with E-state index in [1.165, 1.54) is 0 Å². The number of carbonyl (C=O) groups excluding carboxylic acids is 2. The van der Waals surface area contributed by atoms with Crippen molar-refractivity contribution in [3.05, 3.63) is 90.5 Å². The van der Waals surface area contributed by atoms with Crippen LogP contribution in [0.15, 0.2) is 84.9 Å². The monoisotopic (exact) mass is 400 g/mol. The minimum absolute atomic E-state index is 0.00673. The zero-order valence-corrected chi connectivity index (χ0v) is 16.7. The maximum absolute atomic E-state index is 13.3. The molecule has 1 fully saturated rings. The molecule has 1 aliphatic heterocycles. The highest BCUT2D eigenvalue weighted by Gasteiger charge is 2.25. The van der Waals surface area contributed by atoms with Crippen LogP contribution >= 0.6 is 0 Å². The minimum atomic E-state index is -0.375. The van der Waals surface area contributed by atoms with E-state index in [0.29, 0.717) is 43.9 Å². The van der Waals surface area contributed by atoms with Crippen LogP contribution in [0.1, 0.15) is 16.8 Å². The van der Waals surface area contributed by atoms with Crippen LogP contribution in [-0.4, -0.2) is 48.0 Å². The normalized spacial score (nSPS) is 14.1. The molecule has 0 aromatic heterocycles. The Bertz CT molecular complexity index is 1010. The van der Waals surface area contributed by atoms with E-state index in [1.54, 1.807) is 17.0 Å². The maximum atomic E-state index is 13.3. The van der Waals surface area contributed by atoms with Crippen molar-refractivity contribution >= 4 is 12.0 Å². The van der Waals surface area contributed by atoms with Crippen molar-refractivity contribution in [2.75, 3.05) is 26.2 Å². The van der Waals surface area contributed by atoms with Crippen LogP contribution in [-0.2, 0) is 0 Å². The summed E-state index contributed by atoms with van der Waals surface area (Å²) < 4.78 is 5.45. The van der Waals surface area contributed by atoms with Gasteiger partial charge in [0.2, 0.25) is 0 Å². The lowest BCUT2D eigenvalue weighted by Gasteiger charge is -2.23. The molecule has 152 valence electrons. The highest BCUT2D eigenvalue weighted by Crippen LogP contribution is 2.25. The fraction of sp³-hybridized carbons (Fsp3) is 0.200. The van der Waals surface area contributed by atoms with Crippen LogP contribution in [0.5, 0.6) is 5.75 Å². The molecule has 0 spiro atoms. The first-order valence-corrected chi connectivity index (χ1v) is 10.2. The van der Waals surface area contributed by atoms with Gasteiger partial charge in [-0.05, 0) is 35.7 Å². The van der Waals surface area contributed by atoms with Gasteiger partial charge in [0.1, 0.15) is 5.75 Å². The first kappa shape index (κ1) is 19.7. The van der Waals surface area contributed by atoms with Gasteiger partial charge < -0.3 is 14.5 Å². The largest absolute Gasteiger partial charge is 0.415 e. The lowest BCUT2D eigenvalue weighted by Crippen LogP contribution is -2.38. The number of rotatable bonds is 3. The van der Waals surface area contributed by atoms with E-state index in [9.17, 15) is 9.59 Å². The van der Waals surface area contributed by atoms with Gasteiger partial charge in [-0.1, -0.05) is 66.7 Å². The molecule has 4 rings (SSSR count). The third-order valence-electron chi connectivity index (χ3n) is 5.23. The van der Waals surface area contributed by atoms with Gasteiger partial charge in [-0.2, -0.15) is 0 Å². The van der Waals surface area contributed by atoms with Crippen molar-refractivity contribution in [2.24, 2.45) is 0 Å². The second-order valence-electron chi connectivity index (χ2n) is 7.23. The summed E-state index contributed by atoms with van der Waals surface area (Å²) in [7, 11) is 0. The summed E-state index contributed by atoms with van der Waals surface area (Å²) in [5.41, 5.74) is 2.63. The molecular formula is C25H24N2O3. The Balaban J connectivity index is 1.45. The van der Waals surface area contributed by atoms with Crippen LogP contribution in [0.25, 0.3) is 11.1 Å². The number of benzene rings is 3. The van der Waals surface area contributed by atoms with E-state index < -0.39 is 0 Å². The van der Waals surface area contributed by atoms with E-state index >= 15 is 0 Å². The molecule has 2 amide bonds. The molecular weight excluding hydrogens is 376 g/mol. The molecule has 5 heteroatoms. The van der Waals surface area contributed by atoms with Gasteiger partial charge in [0, 0.05) is 31.7 Å². The number of para-hydroxylation sites is 1. The van der Waals surface area contributed by atoms with Gasteiger partial charge in [-0.25, -0.2) is 4.79 Å². The van der Waals surface area contributed by atoms with Crippen molar-refractivity contribution in [3.63, 3.8) is 0 Å². The standard InChI is InChI=1S/C25H24N2O3/c28-24(23-15-8-7-14-22(23)20-10-3-1-4-11-20)26-16-9-17-27(19-18-26)25(29)30-21-12-5-2-6-13-21/h1-8,10-15H,9,16-19H2. The van der Waals surface area contributed by atoms with E-state index in [1.807, 2.05) is 77.7 Å². The molecule has 1 aliphatic rings. The number of nitrogens with zero attached hydrogens (tertiary/aromatic N) is 2. The zero-order valence-electron chi connectivity index (χ0n) is 16.7. The summed E-state index contributed by atoms with van der Waals surface area (Å²) in [5.74, 6) is 0.518. The van der Waals surface area contributed by atoms with Gasteiger partial charge in [0.15, 0.2) is 0 Å². The topological polar surface area (TPSA) is 49.9 Å². The Labute approximate surface area is 176 Å². The third-order valence-corrected chi connectivity index (χ3v) is 5.23. The van der Waals surface area contributed by atoms with Crippen molar-refractivity contribution in [3.8, 4) is 16.9 Å². The SMILES string of the molecule is O=C(Oc1ccccc1)N1CCCN(C(=O)c2ccccc2-c2ccccc2)CC1. The molecule has 30 heavy (non-hydrogen) atoms. The highest BCUT2D eigenvalue weighted by molar-refractivity contribution is 6.01. The molecule has 0 saturated carbocycles. The Hall–Kier alpha value is -3.60. The third kappa shape index (κ3) is 4.51. The van der Waals surface area contributed by atoms with Crippen molar-refractivity contribution in [2.45, 2.75) is 6.42 Å². The van der Waals surface area contributed by atoms with Gasteiger partial charge >= 0.3 is 6.09 Å². The van der Waals surface area contributed by atoms with Gasteiger partial charge in [0.25, 0.3) is 5.91 Å². The number of amides is 2. The number of carbonyl (C=O) groups is 2. The molecule has 0 radical (unpaired) electrons. The molecule has 0 atom stereocenters. The average Bonchev–Trinajstić information content (AvgIpc) is 3.06.